The maximum atomic E-state index is 11.1. The largest absolute Gasteiger partial charge is 0.464 e. The third kappa shape index (κ3) is 2.52. The predicted molar refractivity (Wildman–Crippen MR) is 46.2 cm³/mol. The lowest BCUT2D eigenvalue weighted by Gasteiger charge is -2.01. The van der Waals surface area contributed by atoms with E-state index in [4.69, 9.17) is 0 Å². The average molecular weight is 219 g/mol. The van der Waals surface area contributed by atoms with E-state index in [1.54, 1.807) is 0 Å². The summed E-state index contributed by atoms with van der Waals surface area (Å²) in [6.45, 7) is 0. The first kappa shape index (κ1) is 10.6. The van der Waals surface area contributed by atoms with E-state index < -0.39 is 21.7 Å². The SMILES string of the molecule is COC(=O)c1cnnn1CS(C)(=O)=O. The zero-order valence-electron chi connectivity index (χ0n) is 7.67. The van der Waals surface area contributed by atoms with Crippen LogP contribution in [0.25, 0.3) is 0 Å². The maximum absolute atomic E-state index is 11.1. The monoisotopic (exact) mass is 219 g/mol. The van der Waals surface area contributed by atoms with Crippen molar-refractivity contribution in [3.63, 3.8) is 0 Å². The molecule has 0 spiro atoms. The van der Waals surface area contributed by atoms with Gasteiger partial charge in [-0.15, -0.1) is 5.10 Å². The molecule has 0 radical (unpaired) electrons. The standard InChI is InChI=1S/C6H9N3O4S/c1-13-6(10)5-3-7-8-9(5)4-14(2,11)12/h3H,4H2,1-2H3. The minimum Gasteiger partial charge on any atom is -0.464 e. The number of sulfone groups is 1. The van der Waals surface area contributed by atoms with E-state index in [0.717, 1.165) is 17.1 Å². The van der Waals surface area contributed by atoms with Crippen LogP contribution in [0, 0.1) is 0 Å². The molecule has 0 atom stereocenters. The summed E-state index contributed by atoms with van der Waals surface area (Å²) in [5.41, 5.74) is 0.0120. The molecule has 7 nitrogen and oxygen atoms in total. The van der Waals surface area contributed by atoms with Gasteiger partial charge in [0.1, 0.15) is 5.88 Å². The Morgan fingerprint density at radius 2 is 2.29 bits per heavy atom. The summed E-state index contributed by atoms with van der Waals surface area (Å²) in [7, 11) is -2.06. The highest BCUT2D eigenvalue weighted by molar-refractivity contribution is 7.89. The fraction of sp³-hybridized carbons (Fsp3) is 0.500. The van der Waals surface area contributed by atoms with E-state index in [9.17, 15) is 13.2 Å². The molecular weight excluding hydrogens is 210 g/mol. The molecule has 0 aliphatic heterocycles. The van der Waals surface area contributed by atoms with E-state index in [1.165, 1.54) is 7.11 Å². The van der Waals surface area contributed by atoms with Crippen LogP contribution in [0.3, 0.4) is 0 Å². The molecule has 0 saturated carbocycles. The highest BCUT2D eigenvalue weighted by Crippen LogP contribution is 2.00. The summed E-state index contributed by atoms with van der Waals surface area (Å²) >= 11 is 0. The van der Waals surface area contributed by atoms with Crippen LogP contribution in [0.1, 0.15) is 10.5 Å². The molecular formula is C6H9N3O4S. The Morgan fingerprint density at radius 3 is 2.79 bits per heavy atom. The van der Waals surface area contributed by atoms with E-state index in [0.29, 0.717) is 0 Å². The molecule has 0 aromatic carbocycles. The number of aromatic nitrogens is 3. The van der Waals surface area contributed by atoms with Gasteiger partial charge in [0, 0.05) is 6.26 Å². The van der Waals surface area contributed by atoms with Crippen LogP contribution in [0.4, 0.5) is 0 Å². The van der Waals surface area contributed by atoms with Crippen LogP contribution in [-0.4, -0.2) is 42.7 Å². The topological polar surface area (TPSA) is 91.2 Å². The van der Waals surface area contributed by atoms with Gasteiger partial charge in [-0.25, -0.2) is 17.9 Å². The minimum absolute atomic E-state index is 0.0120. The normalized spacial score (nSPS) is 11.3. The van der Waals surface area contributed by atoms with Crippen LogP contribution < -0.4 is 0 Å². The number of hydrogen-bond acceptors (Lipinski definition) is 6. The Balaban J connectivity index is 3.00. The minimum atomic E-state index is -3.26. The van der Waals surface area contributed by atoms with Gasteiger partial charge in [0.2, 0.25) is 0 Å². The molecule has 1 aromatic rings. The van der Waals surface area contributed by atoms with Gasteiger partial charge in [0.05, 0.1) is 13.3 Å². The van der Waals surface area contributed by atoms with Gasteiger partial charge in [-0.05, 0) is 0 Å². The molecule has 0 amide bonds. The van der Waals surface area contributed by atoms with Crippen molar-refractivity contribution in [2.45, 2.75) is 5.88 Å². The molecule has 78 valence electrons. The third-order valence-corrected chi connectivity index (χ3v) is 2.08. The fourth-order valence-electron chi connectivity index (χ4n) is 0.838. The van der Waals surface area contributed by atoms with Crippen molar-refractivity contribution in [3.05, 3.63) is 11.9 Å². The lowest BCUT2D eigenvalue weighted by atomic mass is 10.5. The number of carbonyl (C=O) groups is 1. The third-order valence-electron chi connectivity index (χ3n) is 1.37. The predicted octanol–water partition coefficient (Wildman–Crippen LogP) is -0.933. The van der Waals surface area contributed by atoms with Crippen LogP contribution in [0.2, 0.25) is 0 Å². The Hall–Kier alpha value is -1.44. The molecule has 8 heteroatoms. The Labute approximate surface area is 80.6 Å². The van der Waals surface area contributed by atoms with Gasteiger partial charge in [-0.2, -0.15) is 0 Å². The molecule has 1 rings (SSSR count). The summed E-state index contributed by atoms with van der Waals surface area (Å²) in [6, 6.07) is 0. The van der Waals surface area contributed by atoms with Gasteiger partial charge in [-0.3, -0.25) is 0 Å². The van der Waals surface area contributed by atoms with Gasteiger partial charge in [0.15, 0.2) is 15.5 Å². The Kier molecular flexibility index (Phi) is 2.84. The second-order valence-corrected chi connectivity index (χ2v) is 4.77. The Bertz CT molecular complexity index is 436. The van der Waals surface area contributed by atoms with Crippen LogP contribution in [0.5, 0.6) is 0 Å². The second-order valence-electron chi connectivity index (χ2n) is 2.67. The van der Waals surface area contributed by atoms with Gasteiger partial charge >= 0.3 is 5.97 Å². The molecule has 1 aromatic heterocycles. The first-order valence-electron chi connectivity index (χ1n) is 3.58. The Morgan fingerprint density at radius 1 is 1.64 bits per heavy atom. The summed E-state index contributed by atoms with van der Waals surface area (Å²) < 4.78 is 27.2. The van der Waals surface area contributed by atoms with Gasteiger partial charge in [-0.1, -0.05) is 5.21 Å². The van der Waals surface area contributed by atoms with Crippen molar-refractivity contribution in [2.24, 2.45) is 0 Å². The average Bonchev–Trinajstić information content (AvgIpc) is 2.48. The lowest BCUT2D eigenvalue weighted by molar-refractivity contribution is 0.0588. The molecule has 0 saturated heterocycles. The number of carbonyl (C=O) groups excluding carboxylic acids is 1. The van der Waals surface area contributed by atoms with Crippen LogP contribution >= 0.6 is 0 Å². The molecule has 1 heterocycles. The van der Waals surface area contributed by atoms with Crippen molar-refractivity contribution in [1.29, 1.82) is 0 Å². The number of rotatable bonds is 3. The fourth-order valence-corrected chi connectivity index (χ4v) is 1.47. The van der Waals surface area contributed by atoms with Crippen molar-refractivity contribution in [3.8, 4) is 0 Å². The smallest absolute Gasteiger partial charge is 0.358 e. The van der Waals surface area contributed by atoms with Crippen molar-refractivity contribution < 1.29 is 17.9 Å². The number of esters is 1. The van der Waals surface area contributed by atoms with Gasteiger partial charge < -0.3 is 4.74 Å². The van der Waals surface area contributed by atoms with Crippen molar-refractivity contribution in [2.75, 3.05) is 13.4 Å². The zero-order valence-corrected chi connectivity index (χ0v) is 8.48. The molecule has 0 N–H and O–H groups in total. The first-order chi connectivity index (χ1) is 6.44. The number of ether oxygens (including phenoxy) is 1. The molecule has 14 heavy (non-hydrogen) atoms. The van der Waals surface area contributed by atoms with Crippen LogP contribution in [-0.2, 0) is 20.5 Å². The summed E-state index contributed by atoms with van der Waals surface area (Å²) in [5, 5.41) is 6.88. The van der Waals surface area contributed by atoms with Crippen molar-refractivity contribution in [1.82, 2.24) is 15.0 Å². The maximum Gasteiger partial charge on any atom is 0.358 e. The lowest BCUT2D eigenvalue weighted by Crippen LogP contribution is -2.16. The zero-order chi connectivity index (χ0) is 10.8. The molecule has 0 fully saturated rings. The number of hydrogen-bond donors (Lipinski definition) is 0. The van der Waals surface area contributed by atoms with E-state index >= 15 is 0 Å². The van der Waals surface area contributed by atoms with E-state index in [2.05, 4.69) is 15.0 Å². The number of nitrogens with zero attached hydrogens (tertiary/aromatic N) is 3. The summed E-state index contributed by atoms with van der Waals surface area (Å²) in [5.74, 6) is -1.06. The van der Waals surface area contributed by atoms with Crippen molar-refractivity contribution >= 4 is 15.8 Å². The summed E-state index contributed by atoms with van der Waals surface area (Å²) in [4.78, 5) is 11.1. The highest BCUT2D eigenvalue weighted by atomic mass is 32.2. The molecule has 0 aliphatic carbocycles. The summed E-state index contributed by atoms with van der Waals surface area (Å²) in [6.07, 6.45) is 2.19. The molecule has 0 aliphatic rings. The first-order valence-corrected chi connectivity index (χ1v) is 5.64. The van der Waals surface area contributed by atoms with E-state index in [1.807, 2.05) is 0 Å². The number of methoxy groups -OCH3 is 1. The quantitative estimate of drug-likeness (QED) is 0.610. The highest BCUT2D eigenvalue weighted by Gasteiger charge is 2.16. The molecule has 0 bridgehead atoms. The van der Waals surface area contributed by atoms with Gasteiger partial charge in [0.25, 0.3) is 0 Å². The van der Waals surface area contributed by atoms with Crippen LogP contribution in [0.15, 0.2) is 6.20 Å². The van der Waals surface area contributed by atoms with E-state index in [-0.39, 0.29) is 5.69 Å². The second kappa shape index (κ2) is 3.74. The molecule has 0 unspecified atom stereocenters.